The molecule has 0 bridgehead atoms. The van der Waals surface area contributed by atoms with E-state index in [9.17, 15) is 0 Å². The van der Waals surface area contributed by atoms with Crippen molar-refractivity contribution in [1.29, 1.82) is 0 Å². The van der Waals surface area contributed by atoms with Gasteiger partial charge in [-0.2, -0.15) is 0 Å². The van der Waals surface area contributed by atoms with E-state index >= 15 is 0 Å². The zero-order chi connectivity index (χ0) is 12.7. The fourth-order valence-corrected chi connectivity index (χ4v) is 1.53. The summed E-state index contributed by atoms with van der Waals surface area (Å²) in [5.74, 6) is 0. The first-order valence-corrected chi connectivity index (χ1v) is 5.79. The first kappa shape index (κ1) is 13.1. The number of aryl methyl sites for hydroxylation is 2. The molecule has 0 saturated carbocycles. The zero-order valence-corrected chi connectivity index (χ0v) is 10.5. The Morgan fingerprint density at radius 1 is 0.941 bits per heavy atom. The third kappa shape index (κ3) is 4.60. The SMILES string of the molecule is CCc1ccccc1N.Cc1cccc(N)c1. The van der Waals surface area contributed by atoms with E-state index in [0.717, 1.165) is 17.8 Å². The van der Waals surface area contributed by atoms with Crippen LogP contribution >= 0.6 is 0 Å². The monoisotopic (exact) mass is 228 g/mol. The molecule has 0 fully saturated rings. The Morgan fingerprint density at radius 3 is 2.06 bits per heavy atom. The average molecular weight is 228 g/mol. The summed E-state index contributed by atoms with van der Waals surface area (Å²) in [7, 11) is 0. The number of nitrogen functional groups attached to an aromatic ring is 2. The van der Waals surface area contributed by atoms with Crippen LogP contribution in [0.15, 0.2) is 48.5 Å². The molecule has 0 aliphatic heterocycles. The highest BCUT2D eigenvalue weighted by atomic mass is 14.6. The van der Waals surface area contributed by atoms with Crippen LogP contribution in [0.3, 0.4) is 0 Å². The Morgan fingerprint density at radius 2 is 1.65 bits per heavy atom. The van der Waals surface area contributed by atoms with Gasteiger partial charge < -0.3 is 11.5 Å². The molecule has 17 heavy (non-hydrogen) atoms. The molecule has 2 aromatic carbocycles. The quantitative estimate of drug-likeness (QED) is 0.735. The number of hydrogen-bond acceptors (Lipinski definition) is 2. The van der Waals surface area contributed by atoms with Crippen molar-refractivity contribution in [3.05, 3.63) is 59.7 Å². The molecule has 0 aliphatic rings. The van der Waals surface area contributed by atoms with Gasteiger partial charge in [0.15, 0.2) is 0 Å². The van der Waals surface area contributed by atoms with Crippen LogP contribution in [0.25, 0.3) is 0 Å². The smallest absolute Gasteiger partial charge is 0.0346 e. The Bertz CT molecular complexity index is 447. The van der Waals surface area contributed by atoms with Gasteiger partial charge in [0, 0.05) is 11.4 Å². The van der Waals surface area contributed by atoms with E-state index in [-0.39, 0.29) is 0 Å². The first-order valence-electron chi connectivity index (χ1n) is 5.79. The molecule has 0 aliphatic carbocycles. The van der Waals surface area contributed by atoms with Crippen LogP contribution in [-0.2, 0) is 6.42 Å². The summed E-state index contributed by atoms with van der Waals surface area (Å²) in [6.45, 7) is 4.13. The summed E-state index contributed by atoms with van der Waals surface area (Å²) in [5.41, 5.74) is 15.3. The fraction of sp³-hybridized carbons (Fsp3) is 0.200. The molecule has 0 saturated heterocycles. The van der Waals surface area contributed by atoms with Gasteiger partial charge in [0.25, 0.3) is 0 Å². The van der Waals surface area contributed by atoms with Gasteiger partial charge in [-0.25, -0.2) is 0 Å². The minimum absolute atomic E-state index is 0.838. The summed E-state index contributed by atoms with van der Waals surface area (Å²) < 4.78 is 0. The van der Waals surface area contributed by atoms with Crippen LogP contribution in [0.1, 0.15) is 18.1 Å². The molecule has 0 spiro atoms. The number of anilines is 2. The topological polar surface area (TPSA) is 52.0 Å². The van der Waals surface area contributed by atoms with E-state index in [1.54, 1.807) is 0 Å². The molecule has 0 radical (unpaired) electrons. The highest BCUT2D eigenvalue weighted by Gasteiger charge is 1.90. The van der Waals surface area contributed by atoms with Crippen molar-refractivity contribution in [2.24, 2.45) is 0 Å². The number of para-hydroxylation sites is 1. The van der Waals surface area contributed by atoms with E-state index in [4.69, 9.17) is 11.5 Å². The second-order valence-corrected chi connectivity index (χ2v) is 3.97. The normalized spacial score (nSPS) is 9.29. The predicted octanol–water partition coefficient (Wildman–Crippen LogP) is 3.41. The van der Waals surface area contributed by atoms with Crippen molar-refractivity contribution in [3.8, 4) is 0 Å². The zero-order valence-electron chi connectivity index (χ0n) is 10.5. The molecule has 2 rings (SSSR count). The summed E-state index contributed by atoms with van der Waals surface area (Å²) >= 11 is 0. The molecule has 2 aromatic rings. The highest BCUT2D eigenvalue weighted by Crippen LogP contribution is 2.09. The molecule has 90 valence electrons. The van der Waals surface area contributed by atoms with Crippen molar-refractivity contribution in [3.63, 3.8) is 0 Å². The largest absolute Gasteiger partial charge is 0.399 e. The number of nitrogens with two attached hydrogens (primary N) is 2. The van der Waals surface area contributed by atoms with Gasteiger partial charge >= 0.3 is 0 Å². The lowest BCUT2D eigenvalue weighted by Crippen LogP contribution is -1.90. The summed E-state index contributed by atoms with van der Waals surface area (Å²) in [6.07, 6.45) is 1.02. The number of rotatable bonds is 1. The lowest BCUT2D eigenvalue weighted by atomic mass is 10.1. The molecular formula is C15H20N2. The maximum atomic E-state index is 5.63. The molecule has 0 aromatic heterocycles. The first-order chi connectivity index (χ1) is 8.13. The lowest BCUT2D eigenvalue weighted by Gasteiger charge is -1.98. The van der Waals surface area contributed by atoms with Gasteiger partial charge in [0.2, 0.25) is 0 Å². The fourth-order valence-electron chi connectivity index (χ4n) is 1.53. The van der Waals surface area contributed by atoms with Crippen molar-refractivity contribution < 1.29 is 0 Å². The third-order valence-electron chi connectivity index (χ3n) is 2.48. The van der Waals surface area contributed by atoms with Crippen LogP contribution in [0.4, 0.5) is 11.4 Å². The third-order valence-corrected chi connectivity index (χ3v) is 2.48. The Hall–Kier alpha value is -1.96. The van der Waals surface area contributed by atoms with Gasteiger partial charge in [-0.15, -0.1) is 0 Å². The summed E-state index contributed by atoms with van der Waals surface area (Å²) in [5, 5.41) is 0. The van der Waals surface area contributed by atoms with E-state index in [2.05, 4.69) is 13.0 Å². The Balaban J connectivity index is 0.000000171. The molecule has 0 atom stereocenters. The molecule has 0 unspecified atom stereocenters. The average Bonchev–Trinajstić information content (AvgIpc) is 2.30. The van der Waals surface area contributed by atoms with Gasteiger partial charge in [0.05, 0.1) is 0 Å². The summed E-state index contributed by atoms with van der Waals surface area (Å²) in [6, 6.07) is 15.7. The number of hydrogen-bond donors (Lipinski definition) is 2. The lowest BCUT2D eigenvalue weighted by molar-refractivity contribution is 1.14. The van der Waals surface area contributed by atoms with Gasteiger partial charge in [-0.3, -0.25) is 0 Å². The standard InChI is InChI=1S/C8H11N.C7H9N/c1-2-7-5-3-4-6-8(7)9;1-6-3-2-4-7(8)5-6/h3-6H,2,9H2,1H3;2-5H,8H2,1H3. The van der Waals surface area contributed by atoms with Crippen molar-refractivity contribution in [1.82, 2.24) is 0 Å². The van der Waals surface area contributed by atoms with Crippen molar-refractivity contribution in [2.45, 2.75) is 20.3 Å². The summed E-state index contributed by atoms with van der Waals surface area (Å²) in [4.78, 5) is 0. The van der Waals surface area contributed by atoms with Gasteiger partial charge in [-0.1, -0.05) is 37.3 Å². The molecule has 2 nitrogen and oxygen atoms in total. The minimum Gasteiger partial charge on any atom is -0.399 e. The Kier molecular flexibility index (Phi) is 5.08. The van der Waals surface area contributed by atoms with Crippen LogP contribution in [0.5, 0.6) is 0 Å². The van der Waals surface area contributed by atoms with E-state index in [1.165, 1.54) is 11.1 Å². The molecule has 4 N–H and O–H groups in total. The Labute approximate surface area is 103 Å². The molecule has 0 heterocycles. The molecular weight excluding hydrogens is 208 g/mol. The van der Waals surface area contributed by atoms with Crippen LogP contribution in [-0.4, -0.2) is 0 Å². The van der Waals surface area contributed by atoms with Crippen LogP contribution in [0.2, 0.25) is 0 Å². The van der Waals surface area contributed by atoms with Crippen molar-refractivity contribution >= 4 is 11.4 Å². The maximum absolute atomic E-state index is 5.63. The number of benzene rings is 2. The van der Waals surface area contributed by atoms with Crippen LogP contribution < -0.4 is 11.5 Å². The molecule has 2 heteroatoms. The van der Waals surface area contributed by atoms with Crippen molar-refractivity contribution in [2.75, 3.05) is 11.5 Å². The van der Waals surface area contributed by atoms with E-state index in [1.807, 2.05) is 49.4 Å². The highest BCUT2D eigenvalue weighted by molar-refractivity contribution is 5.46. The maximum Gasteiger partial charge on any atom is 0.0346 e. The predicted molar refractivity (Wildman–Crippen MR) is 75.8 cm³/mol. The van der Waals surface area contributed by atoms with E-state index < -0.39 is 0 Å². The second kappa shape index (κ2) is 6.59. The van der Waals surface area contributed by atoms with Crippen LogP contribution in [0, 0.1) is 6.92 Å². The van der Waals surface area contributed by atoms with Gasteiger partial charge in [0.1, 0.15) is 0 Å². The minimum atomic E-state index is 0.838. The second-order valence-electron chi connectivity index (χ2n) is 3.97. The van der Waals surface area contributed by atoms with Gasteiger partial charge in [-0.05, 0) is 42.7 Å². The van der Waals surface area contributed by atoms with E-state index in [0.29, 0.717) is 0 Å². The molecule has 0 amide bonds.